The van der Waals surface area contributed by atoms with Crippen LogP contribution in [0, 0.1) is 5.41 Å². The third kappa shape index (κ3) is 2.84. The molecule has 2 unspecified atom stereocenters. The molecule has 2 fully saturated rings. The lowest BCUT2D eigenvalue weighted by molar-refractivity contribution is -0.144. The number of carbonyl (C=O) groups is 1. The number of ether oxygens (including phenoxy) is 2. The highest BCUT2D eigenvalue weighted by atomic mass is 16.5. The normalized spacial score (nSPS) is 31.8. The summed E-state index contributed by atoms with van der Waals surface area (Å²) < 4.78 is 10.8. The number of nitrogens with one attached hydrogen (secondary N) is 1. The van der Waals surface area contributed by atoms with Gasteiger partial charge in [0.05, 0.1) is 18.1 Å². The Bertz CT molecular complexity index is 284. The number of amides is 1. The van der Waals surface area contributed by atoms with Crippen LogP contribution in [-0.2, 0) is 14.3 Å². The number of likely N-dealkylation sites (N-methyl/N-ethyl adjacent to an activating group) is 1. The summed E-state index contributed by atoms with van der Waals surface area (Å²) in [5.74, 6) is 0.185. The van der Waals surface area contributed by atoms with Crippen molar-refractivity contribution >= 4 is 5.91 Å². The second-order valence-corrected chi connectivity index (χ2v) is 5.46. The van der Waals surface area contributed by atoms with E-state index in [2.05, 4.69) is 5.32 Å². The van der Waals surface area contributed by atoms with Gasteiger partial charge in [0, 0.05) is 33.9 Å². The first-order chi connectivity index (χ1) is 8.68. The second kappa shape index (κ2) is 5.99. The van der Waals surface area contributed by atoms with E-state index in [1.54, 1.807) is 7.11 Å². The molecule has 2 aliphatic rings. The molecule has 2 heterocycles. The van der Waals surface area contributed by atoms with Crippen molar-refractivity contribution in [3.05, 3.63) is 0 Å². The van der Waals surface area contributed by atoms with Gasteiger partial charge in [-0.05, 0) is 25.8 Å². The van der Waals surface area contributed by atoms with Gasteiger partial charge in [-0.3, -0.25) is 4.79 Å². The SMILES string of the molecule is COCC1(C(=O)N(C)CC2CCCO2)CCNC1. The Morgan fingerprint density at radius 3 is 3.00 bits per heavy atom. The smallest absolute Gasteiger partial charge is 0.232 e. The summed E-state index contributed by atoms with van der Waals surface area (Å²) in [6.45, 7) is 3.63. The van der Waals surface area contributed by atoms with Crippen molar-refractivity contribution in [1.29, 1.82) is 0 Å². The minimum Gasteiger partial charge on any atom is -0.384 e. The summed E-state index contributed by atoms with van der Waals surface area (Å²) in [5, 5.41) is 3.27. The zero-order chi connectivity index (χ0) is 13.0. The summed E-state index contributed by atoms with van der Waals surface area (Å²) in [6.07, 6.45) is 3.24. The second-order valence-electron chi connectivity index (χ2n) is 5.46. The van der Waals surface area contributed by atoms with E-state index in [0.717, 1.165) is 39.0 Å². The summed E-state index contributed by atoms with van der Waals surface area (Å²) in [5.41, 5.74) is -0.373. The molecule has 104 valence electrons. The maximum Gasteiger partial charge on any atom is 0.232 e. The molecule has 0 aromatic heterocycles. The third-order valence-electron chi connectivity index (χ3n) is 3.97. The van der Waals surface area contributed by atoms with Gasteiger partial charge in [-0.25, -0.2) is 0 Å². The first kappa shape index (κ1) is 13.8. The molecular weight excluding hydrogens is 232 g/mol. The van der Waals surface area contributed by atoms with Crippen molar-refractivity contribution in [2.24, 2.45) is 5.41 Å². The van der Waals surface area contributed by atoms with E-state index >= 15 is 0 Å². The Kier molecular flexibility index (Phi) is 4.59. The average Bonchev–Trinajstić information content (AvgIpc) is 3.00. The van der Waals surface area contributed by atoms with Crippen LogP contribution in [-0.4, -0.2) is 63.9 Å². The maximum absolute atomic E-state index is 12.6. The third-order valence-corrected chi connectivity index (χ3v) is 3.97. The van der Waals surface area contributed by atoms with Crippen molar-refractivity contribution < 1.29 is 14.3 Å². The van der Waals surface area contributed by atoms with Crippen molar-refractivity contribution in [2.75, 3.05) is 47.0 Å². The van der Waals surface area contributed by atoms with Gasteiger partial charge < -0.3 is 19.7 Å². The summed E-state index contributed by atoms with van der Waals surface area (Å²) in [7, 11) is 3.53. The molecule has 0 spiro atoms. The molecule has 1 amide bonds. The number of carbonyl (C=O) groups excluding carboxylic acids is 1. The topological polar surface area (TPSA) is 50.8 Å². The van der Waals surface area contributed by atoms with E-state index in [1.807, 2.05) is 11.9 Å². The van der Waals surface area contributed by atoms with Gasteiger partial charge in [0.2, 0.25) is 5.91 Å². The number of rotatable bonds is 5. The largest absolute Gasteiger partial charge is 0.384 e. The Hall–Kier alpha value is -0.650. The van der Waals surface area contributed by atoms with Crippen LogP contribution in [0.2, 0.25) is 0 Å². The van der Waals surface area contributed by atoms with Gasteiger partial charge in [0.1, 0.15) is 0 Å². The molecule has 2 aliphatic heterocycles. The first-order valence-electron chi connectivity index (χ1n) is 6.75. The Labute approximate surface area is 109 Å². The molecule has 2 rings (SSSR count). The predicted molar refractivity (Wildman–Crippen MR) is 68.4 cm³/mol. The summed E-state index contributed by atoms with van der Waals surface area (Å²) in [4.78, 5) is 14.4. The summed E-state index contributed by atoms with van der Waals surface area (Å²) in [6, 6.07) is 0. The zero-order valence-corrected chi connectivity index (χ0v) is 11.4. The highest BCUT2D eigenvalue weighted by Gasteiger charge is 2.43. The van der Waals surface area contributed by atoms with Gasteiger partial charge in [-0.15, -0.1) is 0 Å². The van der Waals surface area contributed by atoms with Gasteiger partial charge in [0.15, 0.2) is 0 Å². The fraction of sp³-hybridized carbons (Fsp3) is 0.923. The monoisotopic (exact) mass is 256 g/mol. The number of hydrogen-bond acceptors (Lipinski definition) is 4. The van der Waals surface area contributed by atoms with E-state index in [0.29, 0.717) is 13.2 Å². The highest BCUT2D eigenvalue weighted by molar-refractivity contribution is 5.83. The van der Waals surface area contributed by atoms with Crippen LogP contribution >= 0.6 is 0 Å². The Morgan fingerprint density at radius 2 is 2.44 bits per heavy atom. The standard InChI is InChI=1S/C13H24N2O3/c1-15(8-11-4-3-7-18-11)12(16)13(10-17-2)5-6-14-9-13/h11,14H,3-10H2,1-2H3. The van der Waals surface area contributed by atoms with Gasteiger partial charge in [0.25, 0.3) is 0 Å². The predicted octanol–water partition coefficient (Wildman–Crippen LogP) is 0.250. The molecule has 5 heteroatoms. The fourth-order valence-corrected chi connectivity index (χ4v) is 2.97. The van der Waals surface area contributed by atoms with Crippen LogP contribution < -0.4 is 5.32 Å². The van der Waals surface area contributed by atoms with Crippen LogP contribution in [0.25, 0.3) is 0 Å². The lowest BCUT2D eigenvalue weighted by Gasteiger charge is -2.32. The molecule has 0 aromatic rings. The maximum atomic E-state index is 12.6. The van der Waals surface area contributed by atoms with Crippen LogP contribution in [0.1, 0.15) is 19.3 Å². The van der Waals surface area contributed by atoms with Gasteiger partial charge >= 0.3 is 0 Å². The number of hydrogen-bond donors (Lipinski definition) is 1. The van der Waals surface area contributed by atoms with Crippen LogP contribution in [0.5, 0.6) is 0 Å². The number of methoxy groups -OCH3 is 1. The molecule has 5 nitrogen and oxygen atoms in total. The van der Waals surface area contributed by atoms with Gasteiger partial charge in [-0.1, -0.05) is 0 Å². The van der Waals surface area contributed by atoms with E-state index in [-0.39, 0.29) is 17.4 Å². The van der Waals surface area contributed by atoms with E-state index in [1.165, 1.54) is 0 Å². The lowest BCUT2D eigenvalue weighted by Crippen LogP contribution is -2.48. The molecule has 0 bridgehead atoms. The highest BCUT2D eigenvalue weighted by Crippen LogP contribution is 2.28. The van der Waals surface area contributed by atoms with Crippen LogP contribution in [0.3, 0.4) is 0 Å². The first-order valence-corrected chi connectivity index (χ1v) is 6.75. The molecule has 0 saturated carbocycles. The van der Waals surface area contributed by atoms with Crippen molar-refractivity contribution in [3.8, 4) is 0 Å². The van der Waals surface area contributed by atoms with Gasteiger partial charge in [-0.2, -0.15) is 0 Å². The van der Waals surface area contributed by atoms with Crippen molar-refractivity contribution in [3.63, 3.8) is 0 Å². The molecule has 2 saturated heterocycles. The molecule has 0 aromatic carbocycles. The van der Waals surface area contributed by atoms with E-state index < -0.39 is 0 Å². The van der Waals surface area contributed by atoms with Crippen molar-refractivity contribution in [2.45, 2.75) is 25.4 Å². The molecule has 0 aliphatic carbocycles. The average molecular weight is 256 g/mol. The molecule has 18 heavy (non-hydrogen) atoms. The molecular formula is C13H24N2O3. The minimum atomic E-state index is -0.373. The van der Waals surface area contributed by atoms with Crippen molar-refractivity contribution in [1.82, 2.24) is 10.2 Å². The fourth-order valence-electron chi connectivity index (χ4n) is 2.97. The molecule has 2 atom stereocenters. The Morgan fingerprint density at radius 1 is 1.61 bits per heavy atom. The zero-order valence-electron chi connectivity index (χ0n) is 11.4. The quantitative estimate of drug-likeness (QED) is 0.766. The molecule has 1 N–H and O–H groups in total. The van der Waals surface area contributed by atoms with Crippen LogP contribution in [0.4, 0.5) is 0 Å². The van der Waals surface area contributed by atoms with Crippen LogP contribution in [0.15, 0.2) is 0 Å². The summed E-state index contributed by atoms with van der Waals surface area (Å²) >= 11 is 0. The van der Waals surface area contributed by atoms with E-state index in [4.69, 9.17) is 9.47 Å². The van der Waals surface area contributed by atoms with E-state index in [9.17, 15) is 4.79 Å². The molecule has 0 radical (unpaired) electrons. The number of nitrogens with zero attached hydrogens (tertiary/aromatic N) is 1. The Balaban J connectivity index is 1.94. The minimum absolute atomic E-state index is 0.185. The lowest BCUT2D eigenvalue weighted by atomic mass is 9.86.